The maximum absolute atomic E-state index is 12.9. The zero-order chi connectivity index (χ0) is 27.2. The number of amides is 1. The van der Waals surface area contributed by atoms with E-state index in [0.717, 1.165) is 52.6 Å². The number of benzene rings is 2. The van der Waals surface area contributed by atoms with E-state index in [0.29, 0.717) is 19.4 Å². The Morgan fingerprint density at radius 2 is 1.81 bits per heavy atom. The van der Waals surface area contributed by atoms with Crippen LogP contribution in [0.1, 0.15) is 36.0 Å². The molecule has 1 heterocycles. The van der Waals surface area contributed by atoms with Gasteiger partial charge in [-0.2, -0.15) is 0 Å². The summed E-state index contributed by atoms with van der Waals surface area (Å²) in [6, 6.07) is 11.0. The summed E-state index contributed by atoms with van der Waals surface area (Å²) in [5.74, 6) is 0.350. The number of halogens is 3. The van der Waals surface area contributed by atoms with Crippen molar-refractivity contribution in [1.29, 1.82) is 0 Å². The number of nitrogens with one attached hydrogen (secondary N) is 1. The molecule has 0 atom stereocenters. The Labute approximate surface area is 215 Å². The molecule has 1 amide bonds. The second-order valence-electron chi connectivity index (χ2n) is 8.86. The highest BCUT2D eigenvalue weighted by Crippen LogP contribution is 2.28. The van der Waals surface area contributed by atoms with Crippen molar-refractivity contribution < 1.29 is 31.1 Å². The molecular formula is C25H31F3N4O4S. The van der Waals surface area contributed by atoms with Gasteiger partial charge in [-0.3, -0.25) is 9.79 Å². The van der Waals surface area contributed by atoms with Gasteiger partial charge in [0.15, 0.2) is 0 Å². The Morgan fingerprint density at radius 3 is 2.41 bits per heavy atom. The summed E-state index contributed by atoms with van der Waals surface area (Å²) in [5.41, 5.74) is 2.15. The minimum atomic E-state index is -4.86. The lowest BCUT2D eigenvalue weighted by Gasteiger charge is -2.20. The molecule has 0 saturated carbocycles. The van der Waals surface area contributed by atoms with Gasteiger partial charge in [-0.05, 0) is 49.1 Å². The molecule has 0 unspecified atom stereocenters. The van der Waals surface area contributed by atoms with Crippen molar-refractivity contribution in [3.05, 3.63) is 59.2 Å². The molecule has 37 heavy (non-hydrogen) atoms. The minimum absolute atomic E-state index is 0.0486. The Kier molecular flexibility index (Phi) is 9.19. The van der Waals surface area contributed by atoms with Crippen LogP contribution < -0.4 is 10.1 Å². The molecular weight excluding hydrogens is 509 g/mol. The maximum Gasteiger partial charge on any atom is 0.573 e. The summed E-state index contributed by atoms with van der Waals surface area (Å²) in [7, 11) is -0.781. The highest BCUT2D eigenvalue weighted by atomic mass is 32.2. The maximum atomic E-state index is 12.9. The quantitative estimate of drug-likeness (QED) is 0.439. The van der Waals surface area contributed by atoms with Gasteiger partial charge < -0.3 is 15.0 Å². The predicted molar refractivity (Wildman–Crippen MR) is 134 cm³/mol. The van der Waals surface area contributed by atoms with E-state index in [9.17, 15) is 26.4 Å². The first-order valence-electron chi connectivity index (χ1n) is 11.8. The number of unbranched alkanes of at least 4 members (excludes halogenated alkanes) is 1. The molecule has 1 aliphatic heterocycles. The second-order valence-corrected chi connectivity index (χ2v) is 10.9. The van der Waals surface area contributed by atoms with Crippen LogP contribution in [0, 0.1) is 6.92 Å². The monoisotopic (exact) mass is 540 g/mol. The van der Waals surface area contributed by atoms with Crippen LogP contribution in [-0.4, -0.2) is 69.5 Å². The van der Waals surface area contributed by atoms with Crippen LogP contribution in [0.2, 0.25) is 0 Å². The van der Waals surface area contributed by atoms with Gasteiger partial charge in [0.2, 0.25) is 15.9 Å². The molecule has 8 nitrogen and oxygen atoms in total. The van der Waals surface area contributed by atoms with Gasteiger partial charge >= 0.3 is 6.36 Å². The van der Waals surface area contributed by atoms with Gasteiger partial charge in [-0.25, -0.2) is 12.7 Å². The Hall–Kier alpha value is -3.12. The molecule has 1 aliphatic rings. The number of alkyl halides is 3. The van der Waals surface area contributed by atoms with Gasteiger partial charge in [0, 0.05) is 45.7 Å². The van der Waals surface area contributed by atoms with Crippen molar-refractivity contribution in [2.24, 2.45) is 4.99 Å². The average Bonchev–Trinajstić information content (AvgIpc) is 3.35. The smallest absolute Gasteiger partial charge is 0.406 e. The van der Waals surface area contributed by atoms with Gasteiger partial charge in [-0.15, -0.1) is 13.2 Å². The van der Waals surface area contributed by atoms with Crippen LogP contribution in [0.3, 0.4) is 0 Å². The number of carbonyl (C=O) groups is 1. The molecule has 2 aromatic carbocycles. The fourth-order valence-corrected chi connectivity index (χ4v) is 5.33. The summed E-state index contributed by atoms with van der Waals surface area (Å²) in [6.45, 7) is 3.64. The van der Waals surface area contributed by atoms with Gasteiger partial charge in [0.05, 0.1) is 11.4 Å². The van der Waals surface area contributed by atoms with Gasteiger partial charge in [0.25, 0.3) is 0 Å². The normalized spacial score (nSPS) is 13.9. The van der Waals surface area contributed by atoms with E-state index in [1.807, 2.05) is 24.3 Å². The zero-order valence-corrected chi connectivity index (χ0v) is 21.8. The van der Waals surface area contributed by atoms with Crippen LogP contribution in [0.4, 0.5) is 13.2 Å². The van der Waals surface area contributed by atoms with Crippen LogP contribution in [0.15, 0.2) is 52.4 Å². The summed E-state index contributed by atoms with van der Waals surface area (Å²) in [6.07, 6.45) is -3.65. The van der Waals surface area contributed by atoms with Gasteiger partial charge in [0.1, 0.15) is 11.6 Å². The third-order valence-corrected chi connectivity index (χ3v) is 7.95. The number of hydrogen-bond donors (Lipinski definition) is 1. The van der Waals surface area contributed by atoms with E-state index in [-0.39, 0.29) is 29.3 Å². The summed E-state index contributed by atoms with van der Waals surface area (Å²) >= 11 is 0. The molecule has 0 spiro atoms. The topological polar surface area (TPSA) is 91.3 Å². The van der Waals surface area contributed by atoms with Crippen LogP contribution in [0.5, 0.6) is 5.75 Å². The van der Waals surface area contributed by atoms with Crippen molar-refractivity contribution in [2.45, 2.75) is 44.0 Å². The van der Waals surface area contributed by atoms with Crippen LogP contribution in [0.25, 0.3) is 0 Å². The third-order valence-electron chi connectivity index (χ3n) is 5.93. The Balaban J connectivity index is 1.45. The number of aliphatic imine (C=N–C) groups is 1. The molecule has 12 heteroatoms. The molecule has 0 aliphatic carbocycles. The molecule has 0 fully saturated rings. The molecule has 0 saturated heterocycles. The number of amidine groups is 1. The molecule has 0 aromatic heterocycles. The van der Waals surface area contributed by atoms with E-state index >= 15 is 0 Å². The number of rotatable bonds is 11. The second kappa shape index (κ2) is 12.0. The Morgan fingerprint density at radius 1 is 1.11 bits per heavy atom. The average molecular weight is 541 g/mol. The van der Waals surface area contributed by atoms with E-state index in [4.69, 9.17) is 0 Å². The number of nitrogens with zero attached hydrogens (tertiary/aromatic N) is 3. The lowest BCUT2D eigenvalue weighted by Crippen LogP contribution is -2.29. The van der Waals surface area contributed by atoms with E-state index in [2.05, 4.69) is 15.0 Å². The fraction of sp³-hybridized carbons (Fsp3) is 0.440. The van der Waals surface area contributed by atoms with Crippen LogP contribution in [-0.2, 0) is 21.4 Å². The molecule has 3 rings (SSSR count). The van der Waals surface area contributed by atoms with E-state index < -0.39 is 22.1 Å². The first-order chi connectivity index (χ1) is 17.4. The first kappa shape index (κ1) is 28.5. The van der Waals surface area contributed by atoms with E-state index in [1.54, 1.807) is 11.9 Å². The van der Waals surface area contributed by atoms with Crippen molar-refractivity contribution in [3.8, 4) is 5.75 Å². The molecule has 0 bridgehead atoms. The summed E-state index contributed by atoms with van der Waals surface area (Å²) < 4.78 is 68.0. The number of carbonyl (C=O) groups excluding carboxylic acids is 1. The lowest BCUT2D eigenvalue weighted by molar-refractivity contribution is -0.274. The van der Waals surface area contributed by atoms with Gasteiger partial charge in [-0.1, -0.05) is 24.3 Å². The standard InChI is InChI=1S/C25H31F3N4O4S/c1-18-16-21(36-25(26,27)28)11-12-22(18)37(34,35)32(3)15-5-4-6-23(33)31(2)17-19-7-9-20(10-8-19)24-29-13-14-30-24/h7-12,16H,4-6,13-15,17H2,1-3H3,(H,29,30). The highest BCUT2D eigenvalue weighted by molar-refractivity contribution is 7.89. The first-order valence-corrected chi connectivity index (χ1v) is 13.2. The van der Waals surface area contributed by atoms with Crippen LogP contribution >= 0.6 is 0 Å². The van der Waals surface area contributed by atoms with Crippen molar-refractivity contribution in [3.63, 3.8) is 0 Å². The minimum Gasteiger partial charge on any atom is -0.406 e. The summed E-state index contributed by atoms with van der Waals surface area (Å²) in [4.78, 5) is 18.5. The highest BCUT2D eigenvalue weighted by Gasteiger charge is 2.32. The molecule has 202 valence electrons. The molecule has 2 aromatic rings. The fourth-order valence-electron chi connectivity index (χ4n) is 3.92. The number of aryl methyl sites for hydroxylation is 1. The van der Waals surface area contributed by atoms with Crippen molar-refractivity contribution >= 4 is 21.8 Å². The molecule has 1 N–H and O–H groups in total. The van der Waals surface area contributed by atoms with Crippen molar-refractivity contribution in [1.82, 2.24) is 14.5 Å². The SMILES string of the molecule is Cc1cc(OC(F)(F)F)ccc1S(=O)(=O)N(C)CCCCC(=O)N(C)Cc1ccc(C2=NCCN2)cc1. The zero-order valence-electron chi connectivity index (χ0n) is 21.0. The number of hydrogen-bond acceptors (Lipinski definition) is 6. The number of ether oxygens (including phenoxy) is 1. The Bertz CT molecular complexity index is 1230. The predicted octanol–water partition coefficient (Wildman–Crippen LogP) is 3.69. The van der Waals surface area contributed by atoms with Crippen molar-refractivity contribution in [2.75, 3.05) is 33.7 Å². The number of sulfonamides is 1. The summed E-state index contributed by atoms with van der Waals surface area (Å²) in [5, 5.41) is 3.22. The lowest BCUT2D eigenvalue weighted by atomic mass is 10.1. The largest absolute Gasteiger partial charge is 0.573 e. The van der Waals surface area contributed by atoms with E-state index in [1.165, 1.54) is 14.0 Å². The molecule has 0 radical (unpaired) electrons. The third kappa shape index (κ3) is 7.93.